The number of ether oxygens (including phenoxy) is 1. The zero-order valence-corrected chi connectivity index (χ0v) is 9.70. The van der Waals surface area contributed by atoms with Gasteiger partial charge >= 0.3 is 0 Å². The standard InChI is InChI=1S/C11H24N2O/c1-9-5-4-6-10(2)13(9)7-11(12)8-14-3/h9-11H,4-8,12H2,1-3H3. The second kappa shape index (κ2) is 5.69. The van der Waals surface area contributed by atoms with Crippen molar-refractivity contribution in [2.45, 2.75) is 51.2 Å². The molecular formula is C11H24N2O. The average molecular weight is 200 g/mol. The lowest BCUT2D eigenvalue weighted by atomic mass is 9.97. The number of nitrogens with two attached hydrogens (primary N) is 1. The molecule has 0 aliphatic carbocycles. The van der Waals surface area contributed by atoms with Crippen LogP contribution in [0, 0.1) is 0 Å². The summed E-state index contributed by atoms with van der Waals surface area (Å²) in [6.45, 7) is 6.23. The summed E-state index contributed by atoms with van der Waals surface area (Å²) in [7, 11) is 1.71. The SMILES string of the molecule is COCC(N)CN1C(C)CCCC1C. The van der Waals surface area contributed by atoms with Gasteiger partial charge in [-0.1, -0.05) is 6.42 Å². The minimum absolute atomic E-state index is 0.156. The van der Waals surface area contributed by atoms with Crippen LogP contribution in [0.1, 0.15) is 33.1 Å². The van der Waals surface area contributed by atoms with Gasteiger partial charge in [-0.3, -0.25) is 4.90 Å². The van der Waals surface area contributed by atoms with Crippen molar-refractivity contribution < 1.29 is 4.74 Å². The fourth-order valence-electron chi connectivity index (χ4n) is 2.37. The van der Waals surface area contributed by atoms with E-state index in [1.807, 2.05) is 0 Å². The number of piperidine rings is 1. The molecule has 84 valence electrons. The van der Waals surface area contributed by atoms with Gasteiger partial charge in [-0.05, 0) is 26.7 Å². The molecule has 0 aromatic heterocycles. The molecule has 2 N–H and O–H groups in total. The van der Waals surface area contributed by atoms with Crippen molar-refractivity contribution in [3.63, 3.8) is 0 Å². The average Bonchev–Trinajstić information content (AvgIpc) is 2.12. The molecule has 1 aliphatic heterocycles. The van der Waals surface area contributed by atoms with E-state index in [0.29, 0.717) is 18.7 Å². The summed E-state index contributed by atoms with van der Waals surface area (Å²) < 4.78 is 5.06. The van der Waals surface area contributed by atoms with Gasteiger partial charge in [0.1, 0.15) is 0 Å². The number of hydrogen-bond donors (Lipinski definition) is 1. The Morgan fingerprint density at radius 1 is 1.36 bits per heavy atom. The predicted octanol–water partition coefficient (Wildman–Crippen LogP) is 1.22. The summed E-state index contributed by atoms with van der Waals surface area (Å²) in [5.74, 6) is 0. The molecule has 0 saturated carbocycles. The van der Waals surface area contributed by atoms with Crippen LogP contribution in [0.4, 0.5) is 0 Å². The molecule has 1 rings (SSSR count). The maximum absolute atomic E-state index is 5.97. The van der Waals surface area contributed by atoms with Crippen LogP contribution in [0.15, 0.2) is 0 Å². The molecule has 1 fully saturated rings. The Labute approximate surface area is 87.6 Å². The zero-order chi connectivity index (χ0) is 10.6. The molecule has 0 radical (unpaired) electrons. The van der Waals surface area contributed by atoms with E-state index in [9.17, 15) is 0 Å². The molecule has 0 aromatic carbocycles. The highest BCUT2D eigenvalue weighted by atomic mass is 16.5. The number of methoxy groups -OCH3 is 1. The van der Waals surface area contributed by atoms with E-state index in [1.54, 1.807) is 7.11 Å². The summed E-state index contributed by atoms with van der Waals surface area (Å²) >= 11 is 0. The minimum atomic E-state index is 0.156. The Kier molecular flexibility index (Phi) is 4.85. The van der Waals surface area contributed by atoms with Gasteiger partial charge in [0.2, 0.25) is 0 Å². The highest BCUT2D eigenvalue weighted by Crippen LogP contribution is 2.22. The summed E-state index contributed by atoms with van der Waals surface area (Å²) in [5, 5.41) is 0. The topological polar surface area (TPSA) is 38.5 Å². The fraction of sp³-hybridized carbons (Fsp3) is 1.00. The largest absolute Gasteiger partial charge is 0.383 e. The molecule has 0 amide bonds. The van der Waals surface area contributed by atoms with Gasteiger partial charge in [0.05, 0.1) is 6.61 Å². The van der Waals surface area contributed by atoms with Crippen molar-refractivity contribution >= 4 is 0 Å². The van der Waals surface area contributed by atoms with Crippen molar-refractivity contribution in [3.05, 3.63) is 0 Å². The maximum Gasteiger partial charge on any atom is 0.0626 e. The van der Waals surface area contributed by atoms with Crippen LogP contribution >= 0.6 is 0 Å². The first-order chi connectivity index (χ1) is 6.65. The molecular weight excluding hydrogens is 176 g/mol. The van der Waals surface area contributed by atoms with E-state index in [-0.39, 0.29) is 6.04 Å². The van der Waals surface area contributed by atoms with Crippen molar-refractivity contribution in [2.75, 3.05) is 20.3 Å². The van der Waals surface area contributed by atoms with E-state index in [2.05, 4.69) is 18.7 Å². The predicted molar refractivity (Wildman–Crippen MR) is 59.3 cm³/mol. The first kappa shape index (κ1) is 12.0. The van der Waals surface area contributed by atoms with Crippen molar-refractivity contribution in [1.29, 1.82) is 0 Å². The summed E-state index contributed by atoms with van der Waals surface area (Å²) in [4.78, 5) is 2.52. The Balaban J connectivity index is 2.39. The van der Waals surface area contributed by atoms with E-state index < -0.39 is 0 Å². The first-order valence-electron chi connectivity index (χ1n) is 5.65. The lowest BCUT2D eigenvalue weighted by Crippen LogP contribution is -2.50. The van der Waals surface area contributed by atoms with E-state index in [1.165, 1.54) is 19.3 Å². The normalized spacial score (nSPS) is 31.7. The monoisotopic (exact) mass is 200 g/mol. The van der Waals surface area contributed by atoms with Crippen molar-refractivity contribution in [1.82, 2.24) is 4.90 Å². The van der Waals surface area contributed by atoms with Crippen LogP contribution in [0.25, 0.3) is 0 Å². The van der Waals surface area contributed by atoms with E-state index in [4.69, 9.17) is 10.5 Å². The van der Waals surface area contributed by atoms with Crippen LogP contribution in [0.5, 0.6) is 0 Å². The fourth-order valence-corrected chi connectivity index (χ4v) is 2.37. The number of likely N-dealkylation sites (tertiary alicyclic amines) is 1. The Hall–Kier alpha value is -0.120. The van der Waals surface area contributed by atoms with E-state index in [0.717, 1.165) is 6.54 Å². The third kappa shape index (κ3) is 3.23. The van der Waals surface area contributed by atoms with Crippen LogP contribution in [-0.4, -0.2) is 43.3 Å². The lowest BCUT2D eigenvalue weighted by Gasteiger charge is -2.40. The summed E-state index contributed by atoms with van der Waals surface area (Å²) in [6.07, 6.45) is 3.98. The van der Waals surface area contributed by atoms with Crippen molar-refractivity contribution in [2.24, 2.45) is 5.73 Å². The molecule has 1 heterocycles. The zero-order valence-electron chi connectivity index (χ0n) is 9.70. The Morgan fingerprint density at radius 3 is 2.43 bits per heavy atom. The van der Waals surface area contributed by atoms with Gasteiger partial charge in [-0.25, -0.2) is 0 Å². The van der Waals surface area contributed by atoms with Gasteiger partial charge in [0.15, 0.2) is 0 Å². The molecule has 3 nitrogen and oxygen atoms in total. The molecule has 1 aliphatic rings. The molecule has 1 saturated heterocycles. The molecule has 14 heavy (non-hydrogen) atoms. The van der Waals surface area contributed by atoms with Crippen LogP contribution in [0.2, 0.25) is 0 Å². The molecule has 0 aromatic rings. The number of nitrogens with zero attached hydrogens (tertiary/aromatic N) is 1. The molecule has 3 unspecified atom stereocenters. The van der Waals surface area contributed by atoms with Gasteiger partial charge in [0, 0.05) is 31.8 Å². The quantitative estimate of drug-likeness (QED) is 0.741. The second-order valence-corrected chi connectivity index (χ2v) is 4.54. The number of hydrogen-bond acceptors (Lipinski definition) is 3. The molecule has 0 bridgehead atoms. The number of rotatable bonds is 4. The summed E-state index contributed by atoms with van der Waals surface area (Å²) in [5.41, 5.74) is 5.97. The molecule has 0 spiro atoms. The Morgan fingerprint density at radius 2 is 1.93 bits per heavy atom. The third-order valence-electron chi connectivity index (χ3n) is 3.20. The van der Waals surface area contributed by atoms with Crippen LogP contribution in [-0.2, 0) is 4.74 Å². The van der Waals surface area contributed by atoms with Gasteiger partial charge in [-0.2, -0.15) is 0 Å². The van der Waals surface area contributed by atoms with Crippen LogP contribution < -0.4 is 5.73 Å². The van der Waals surface area contributed by atoms with Gasteiger partial charge in [-0.15, -0.1) is 0 Å². The maximum atomic E-state index is 5.97. The molecule has 3 atom stereocenters. The smallest absolute Gasteiger partial charge is 0.0626 e. The highest BCUT2D eigenvalue weighted by molar-refractivity contribution is 4.82. The lowest BCUT2D eigenvalue weighted by molar-refractivity contribution is 0.0779. The first-order valence-corrected chi connectivity index (χ1v) is 5.65. The van der Waals surface area contributed by atoms with Gasteiger partial charge in [0.25, 0.3) is 0 Å². The second-order valence-electron chi connectivity index (χ2n) is 4.54. The van der Waals surface area contributed by atoms with Crippen molar-refractivity contribution in [3.8, 4) is 0 Å². The third-order valence-corrected chi connectivity index (χ3v) is 3.20. The summed E-state index contributed by atoms with van der Waals surface area (Å²) in [6, 6.07) is 1.52. The molecule has 3 heteroatoms. The van der Waals surface area contributed by atoms with Gasteiger partial charge < -0.3 is 10.5 Å². The van der Waals surface area contributed by atoms with E-state index >= 15 is 0 Å². The Bertz CT molecular complexity index is 153. The highest BCUT2D eigenvalue weighted by Gasteiger charge is 2.25. The van der Waals surface area contributed by atoms with Crippen LogP contribution in [0.3, 0.4) is 0 Å². The minimum Gasteiger partial charge on any atom is -0.383 e.